The van der Waals surface area contributed by atoms with E-state index >= 15 is 0 Å². The number of carbonyl (C=O) groups excluding carboxylic acids is 1. The number of nitrogens with zero attached hydrogens (tertiary/aromatic N) is 7. The van der Waals surface area contributed by atoms with Gasteiger partial charge < -0.3 is 9.64 Å². The number of amides is 1. The lowest BCUT2D eigenvalue weighted by Crippen LogP contribution is -2.56. The van der Waals surface area contributed by atoms with E-state index in [-0.39, 0.29) is 12.0 Å². The monoisotopic (exact) mass is 347 g/mol. The van der Waals surface area contributed by atoms with Crippen molar-refractivity contribution < 1.29 is 9.53 Å². The zero-order valence-electron chi connectivity index (χ0n) is 13.6. The highest BCUT2D eigenvalue weighted by Gasteiger charge is 2.33. The van der Waals surface area contributed by atoms with Crippen molar-refractivity contribution in [2.24, 2.45) is 0 Å². The molecule has 1 saturated heterocycles. The highest BCUT2D eigenvalue weighted by molar-refractivity contribution is 5.95. The van der Waals surface area contributed by atoms with Crippen LogP contribution < -0.4 is 4.74 Å². The van der Waals surface area contributed by atoms with Gasteiger partial charge in [0.1, 0.15) is 18.5 Å². The summed E-state index contributed by atoms with van der Waals surface area (Å²) in [7, 11) is 0. The molecule has 1 fully saturated rings. The van der Waals surface area contributed by atoms with Crippen LogP contribution in [0.25, 0.3) is 5.69 Å². The standard InChI is InChI=1S/C17H13N7O2/c18-7-12-4-5-16(19-8-12)26-15-9-23(10-15)17(25)13-2-1-3-14(6-13)24-11-20-21-22-24/h1-6,8,11,15H,9-10H2. The van der Waals surface area contributed by atoms with Gasteiger partial charge in [-0.15, -0.1) is 5.10 Å². The SMILES string of the molecule is N#Cc1ccc(OC2CN(C(=O)c3cccc(-n4cnnn4)c3)C2)nc1. The molecular weight excluding hydrogens is 334 g/mol. The molecule has 1 aliphatic rings. The van der Waals surface area contributed by atoms with Gasteiger partial charge in [-0.3, -0.25) is 4.79 Å². The average Bonchev–Trinajstić information content (AvgIpc) is 3.19. The zero-order chi connectivity index (χ0) is 17.9. The van der Waals surface area contributed by atoms with Crippen molar-refractivity contribution in [3.8, 4) is 17.6 Å². The average molecular weight is 347 g/mol. The molecule has 0 saturated carbocycles. The van der Waals surface area contributed by atoms with Gasteiger partial charge in [-0.2, -0.15) is 5.26 Å². The summed E-state index contributed by atoms with van der Waals surface area (Å²) in [5, 5.41) is 19.8. The van der Waals surface area contributed by atoms with Crippen molar-refractivity contribution in [1.82, 2.24) is 30.1 Å². The molecule has 0 unspecified atom stereocenters. The quantitative estimate of drug-likeness (QED) is 0.687. The van der Waals surface area contributed by atoms with Crippen LogP contribution in [-0.2, 0) is 0 Å². The first-order chi connectivity index (χ1) is 12.7. The molecule has 1 aromatic carbocycles. The largest absolute Gasteiger partial charge is 0.471 e. The third-order valence-corrected chi connectivity index (χ3v) is 3.99. The second kappa shape index (κ2) is 6.60. The van der Waals surface area contributed by atoms with Crippen molar-refractivity contribution in [2.45, 2.75) is 6.10 Å². The minimum absolute atomic E-state index is 0.0763. The van der Waals surface area contributed by atoms with Crippen molar-refractivity contribution >= 4 is 5.91 Å². The molecule has 2 aromatic heterocycles. The minimum Gasteiger partial charge on any atom is -0.471 e. The molecule has 128 valence electrons. The van der Waals surface area contributed by atoms with Gasteiger partial charge in [0.05, 0.1) is 24.3 Å². The lowest BCUT2D eigenvalue weighted by atomic mass is 10.1. The predicted octanol–water partition coefficient (Wildman–Crippen LogP) is 0.832. The number of hydrogen-bond donors (Lipinski definition) is 0. The molecule has 0 radical (unpaired) electrons. The van der Waals surface area contributed by atoms with E-state index in [4.69, 9.17) is 10.00 Å². The highest BCUT2D eigenvalue weighted by Crippen LogP contribution is 2.19. The molecule has 1 amide bonds. The van der Waals surface area contributed by atoms with E-state index in [9.17, 15) is 4.79 Å². The third kappa shape index (κ3) is 3.08. The summed E-state index contributed by atoms with van der Waals surface area (Å²) in [6.07, 6.45) is 2.82. The Balaban J connectivity index is 1.37. The lowest BCUT2D eigenvalue weighted by molar-refractivity contribution is 0.0160. The predicted molar refractivity (Wildman–Crippen MR) is 88.4 cm³/mol. The molecule has 3 heterocycles. The van der Waals surface area contributed by atoms with Crippen LogP contribution in [0.1, 0.15) is 15.9 Å². The van der Waals surface area contributed by atoms with Crippen LogP contribution >= 0.6 is 0 Å². The summed E-state index contributed by atoms with van der Waals surface area (Å²) in [5.41, 5.74) is 1.76. The molecule has 9 nitrogen and oxygen atoms in total. The van der Waals surface area contributed by atoms with E-state index in [1.54, 1.807) is 35.2 Å². The van der Waals surface area contributed by atoms with Crippen LogP contribution in [-0.4, -0.2) is 55.2 Å². The van der Waals surface area contributed by atoms with Gasteiger partial charge in [-0.25, -0.2) is 9.67 Å². The molecule has 0 atom stereocenters. The van der Waals surface area contributed by atoms with Crippen molar-refractivity contribution in [2.75, 3.05) is 13.1 Å². The Kier molecular flexibility index (Phi) is 3.99. The van der Waals surface area contributed by atoms with Gasteiger partial charge in [0, 0.05) is 17.8 Å². The Labute approximate surface area is 148 Å². The van der Waals surface area contributed by atoms with Crippen molar-refractivity contribution in [1.29, 1.82) is 5.26 Å². The molecule has 3 aromatic rings. The number of nitriles is 1. The van der Waals surface area contributed by atoms with Gasteiger partial charge >= 0.3 is 0 Å². The number of rotatable bonds is 4. The summed E-state index contributed by atoms with van der Waals surface area (Å²) in [6.45, 7) is 0.964. The molecule has 0 spiro atoms. The van der Waals surface area contributed by atoms with E-state index in [1.807, 2.05) is 12.1 Å². The van der Waals surface area contributed by atoms with Crippen molar-refractivity contribution in [3.63, 3.8) is 0 Å². The maximum atomic E-state index is 12.6. The zero-order valence-corrected chi connectivity index (χ0v) is 13.6. The van der Waals surface area contributed by atoms with Crippen molar-refractivity contribution in [3.05, 3.63) is 60.0 Å². The first-order valence-electron chi connectivity index (χ1n) is 7.88. The van der Waals surface area contributed by atoms with E-state index in [1.165, 1.54) is 17.2 Å². The van der Waals surface area contributed by atoms with Crippen LogP contribution in [0.2, 0.25) is 0 Å². The van der Waals surface area contributed by atoms with E-state index < -0.39 is 0 Å². The Hall–Kier alpha value is -3.80. The second-order valence-electron chi connectivity index (χ2n) is 5.75. The summed E-state index contributed by atoms with van der Waals surface area (Å²) >= 11 is 0. The van der Waals surface area contributed by atoms with E-state index in [0.29, 0.717) is 30.1 Å². The van der Waals surface area contributed by atoms with Gasteiger partial charge in [-0.1, -0.05) is 6.07 Å². The van der Waals surface area contributed by atoms with Gasteiger partial charge in [-0.05, 0) is 34.7 Å². The summed E-state index contributed by atoms with van der Waals surface area (Å²) in [6, 6.07) is 12.4. The fourth-order valence-electron chi connectivity index (χ4n) is 2.61. The Bertz CT molecular complexity index is 958. The molecule has 0 aliphatic carbocycles. The molecule has 26 heavy (non-hydrogen) atoms. The van der Waals surface area contributed by atoms with Crippen LogP contribution in [0.3, 0.4) is 0 Å². The highest BCUT2D eigenvalue weighted by atomic mass is 16.5. The number of tetrazole rings is 1. The summed E-state index contributed by atoms with van der Waals surface area (Å²) in [5.74, 6) is 0.370. The first-order valence-corrected chi connectivity index (χ1v) is 7.88. The van der Waals surface area contributed by atoms with E-state index in [2.05, 4.69) is 20.5 Å². The van der Waals surface area contributed by atoms with E-state index in [0.717, 1.165) is 5.69 Å². The third-order valence-electron chi connectivity index (χ3n) is 3.99. The molecule has 0 bridgehead atoms. The van der Waals surface area contributed by atoms with Crippen LogP contribution in [0, 0.1) is 11.3 Å². The number of ether oxygens (including phenoxy) is 1. The number of likely N-dealkylation sites (tertiary alicyclic amines) is 1. The topological polar surface area (TPSA) is 110 Å². The fraction of sp³-hybridized carbons (Fsp3) is 0.176. The summed E-state index contributed by atoms with van der Waals surface area (Å²) in [4.78, 5) is 18.4. The molecular formula is C17H13N7O2. The second-order valence-corrected chi connectivity index (χ2v) is 5.75. The van der Waals surface area contributed by atoms with Crippen LogP contribution in [0.15, 0.2) is 48.9 Å². The Morgan fingerprint density at radius 3 is 2.85 bits per heavy atom. The minimum atomic E-state index is -0.109. The molecule has 1 aliphatic heterocycles. The molecule has 4 rings (SSSR count). The number of hydrogen-bond acceptors (Lipinski definition) is 7. The van der Waals surface area contributed by atoms with Crippen LogP contribution in [0.5, 0.6) is 5.88 Å². The van der Waals surface area contributed by atoms with Gasteiger partial charge in [0.2, 0.25) is 5.88 Å². The maximum absolute atomic E-state index is 12.6. The first kappa shape index (κ1) is 15.7. The summed E-state index contributed by atoms with van der Waals surface area (Å²) < 4.78 is 7.20. The number of aromatic nitrogens is 5. The number of carbonyl (C=O) groups is 1. The number of benzene rings is 1. The smallest absolute Gasteiger partial charge is 0.254 e. The molecule has 0 N–H and O–H groups in total. The molecule has 9 heteroatoms. The normalized spacial score (nSPS) is 13.7. The Morgan fingerprint density at radius 2 is 2.15 bits per heavy atom. The van der Waals surface area contributed by atoms with Gasteiger partial charge in [0.15, 0.2) is 0 Å². The maximum Gasteiger partial charge on any atom is 0.254 e. The Morgan fingerprint density at radius 1 is 1.27 bits per heavy atom. The number of pyridine rings is 1. The fourth-order valence-corrected chi connectivity index (χ4v) is 2.61. The van der Waals surface area contributed by atoms with Gasteiger partial charge in [0.25, 0.3) is 5.91 Å². The lowest BCUT2D eigenvalue weighted by Gasteiger charge is -2.38. The van der Waals surface area contributed by atoms with Crippen LogP contribution in [0.4, 0.5) is 0 Å².